The lowest BCUT2D eigenvalue weighted by molar-refractivity contribution is -0.139. The standard InChI is InChI=1S/C15H7BrF3N3O2S2/c16-9-5-8(7-20)13-11(6-9)25-14(21-13)22-26(23,24)12-4-2-1-3-10(12)15(17,18)19/h1-6H,(H,21,22). The van der Waals surface area contributed by atoms with Gasteiger partial charge in [-0.05, 0) is 24.3 Å². The predicted molar refractivity (Wildman–Crippen MR) is 94.3 cm³/mol. The number of nitriles is 1. The quantitative estimate of drug-likeness (QED) is 0.609. The summed E-state index contributed by atoms with van der Waals surface area (Å²) in [5.41, 5.74) is -0.789. The molecule has 3 aromatic rings. The van der Waals surface area contributed by atoms with Gasteiger partial charge in [-0.2, -0.15) is 18.4 Å². The van der Waals surface area contributed by atoms with Gasteiger partial charge in [0, 0.05) is 4.47 Å². The number of halogens is 4. The molecule has 0 aliphatic rings. The molecule has 3 rings (SSSR count). The van der Waals surface area contributed by atoms with Crippen LogP contribution in [0.15, 0.2) is 45.8 Å². The van der Waals surface area contributed by atoms with Gasteiger partial charge in [-0.15, -0.1) is 0 Å². The minimum Gasteiger partial charge on any atom is -0.255 e. The molecule has 0 bridgehead atoms. The Hall–Kier alpha value is -2.16. The van der Waals surface area contributed by atoms with E-state index < -0.39 is 26.7 Å². The summed E-state index contributed by atoms with van der Waals surface area (Å²) >= 11 is 4.14. The number of hydrogen-bond donors (Lipinski definition) is 1. The van der Waals surface area contributed by atoms with Gasteiger partial charge in [0.2, 0.25) is 0 Å². The maximum absolute atomic E-state index is 13.1. The van der Waals surface area contributed by atoms with Gasteiger partial charge in [0.15, 0.2) is 5.13 Å². The maximum Gasteiger partial charge on any atom is 0.417 e. The highest BCUT2D eigenvalue weighted by molar-refractivity contribution is 9.10. The van der Waals surface area contributed by atoms with Gasteiger partial charge in [-0.3, -0.25) is 4.72 Å². The fraction of sp³-hybridized carbons (Fsp3) is 0.0667. The van der Waals surface area contributed by atoms with Gasteiger partial charge < -0.3 is 0 Å². The Morgan fingerprint density at radius 3 is 2.58 bits per heavy atom. The smallest absolute Gasteiger partial charge is 0.255 e. The third kappa shape index (κ3) is 3.53. The first-order valence-corrected chi connectivity index (χ1v) is 9.90. The van der Waals surface area contributed by atoms with Crippen LogP contribution in [0.5, 0.6) is 0 Å². The average molecular weight is 462 g/mol. The molecule has 0 radical (unpaired) electrons. The van der Waals surface area contributed by atoms with Gasteiger partial charge in [0.1, 0.15) is 11.6 Å². The lowest BCUT2D eigenvalue weighted by Gasteiger charge is -2.13. The average Bonchev–Trinajstić information content (AvgIpc) is 2.94. The number of nitrogens with zero attached hydrogens (tertiary/aromatic N) is 2. The van der Waals surface area contributed by atoms with Crippen LogP contribution in [-0.2, 0) is 16.2 Å². The number of hydrogen-bond acceptors (Lipinski definition) is 5. The molecule has 134 valence electrons. The summed E-state index contributed by atoms with van der Waals surface area (Å²) in [6.07, 6.45) is -4.82. The first-order valence-electron chi connectivity index (χ1n) is 6.81. The van der Waals surface area contributed by atoms with Crippen LogP contribution in [0.4, 0.5) is 18.3 Å². The lowest BCUT2D eigenvalue weighted by Crippen LogP contribution is -2.18. The van der Waals surface area contributed by atoms with E-state index in [1.54, 1.807) is 6.07 Å². The number of sulfonamides is 1. The molecule has 0 unspecified atom stereocenters. The van der Waals surface area contributed by atoms with Crippen molar-refractivity contribution in [3.05, 3.63) is 52.0 Å². The second-order valence-corrected chi connectivity index (χ2v) is 8.63. The Kier molecular flexibility index (Phi) is 4.68. The van der Waals surface area contributed by atoms with E-state index >= 15 is 0 Å². The number of thiazole rings is 1. The molecule has 1 aromatic heterocycles. The van der Waals surface area contributed by atoms with Crippen molar-refractivity contribution < 1.29 is 21.6 Å². The van der Waals surface area contributed by atoms with Crippen LogP contribution >= 0.6 is 27.3 Å². The van der Waals surface area contributed by atoms with E-state index in [2.05, 4.69) is 25.6 Å². The van der Waals surface area contributed by atoms with E-state index in [1.165, 1.54) is 12.1 Å². The molecular formula is C15H7BrF3N3O2S2. The summed E-state index contributed by atoms with van der Waals surface area (Å²) in [5, 5.41) is 9.00. The van der Waals surface area contributed by atoms with Gasteiger partial charge in [-0.1, -0.05) is 39.4 Å². The van der Waals surface area contributed by atoms with Crippen molar-refractivity contribution in [1.82, 2.24) is 4.98 Å². The van der Waals surface area contributed by atoms with Crippen LogP contribution in [0, 0.1) is 11.3 Å². The third-order valence-corrected chi connectivity index (χ3v) is 6.19. The summed E-state index contributed by atoms with van der Waals surface area (Å²) in [4.78, 5) is 3.14. The van der Waals surface area contributed by atoms with Crippen molar-refractivity contribution in [2.24, 2.45) is 0 Å². The molecule has 0 fully saturated rings. The summed E-state index contributed by atoms with van der Waals surface area (Å²) in [6.45, 7) is 0. The Balaban J connectivity index is 2.07. The molecular weight excluding hydrogens is 455 g/mol. The summed E-state index contributed by atoms with van der Waals surface area (Å²) in [5.74, 6) is 0. The molecule has 0 saturated heterocycles. The Morgan fingerprint density at radius 2 is 1.92 bits per heavy atom. The molecule has 0 aliphatic heterocycles. The third-order valence-electron chi connectivity index (χ3n) is 3.28. The summed E-state index contributed by atoms with van der Waals surface area (Å²) in [6, 6.07) is 8.96. The molecule has 5 nitrogen and oxygen atoms in total. The van der Waals surface area contributed by atoms with Crippen LogP contribution in [0.3, 0.4) is 0 Å². The minimum atomic E-state index is -4.82. The first-order chi connectivity index (χ1) is 12.1. The highest BCUT2D eigenvalue weighted by atomic mass is 79.9. The number of alkyl halides is 3. The number of anilines is 1. The van der Waals surface area contributed by atoms with Gasteiger partial charge in [0.25, 0.3) is 10.0 Å². The lowest BCUT2D eigenvalue weighted by atomic mass is 10.2. The molecule has 11 heteroatoms. The van der Waals surface area contributed by atoms with Crippen LogP contribution in [0.2, 0.25) is 0 Å². The Morgan fingerprint density at radius 1 is 1.23 bits per heavy atom. The molecule has 1 heterocycles. The van der Waals surface area contributed by atoms with Crippen molar-refractivity contribution in [2.75, 3.05) is 4.72 Å². The summed E-state index contributed by atoms with van der Waals surface area (Å²) < 4.78 is 67.3. The van der Waals surface area contributed by atoms with E-state index in [4.69, 9.17) is 5.26 Å². The monoisotopic (exact) mass is 461 g/mol. The second kappa shape index (κ2) is 6.53. The molecule has 26 heavy (non-hydrogen) atoms. The van der Waals surface area contributed by atoms with Gasteiger partial charge in [-0.25, -0.2) is 13.4 Å². The van der Waals surface area contributed by atoms with E-state index in [1.807, 2.05) is 6.07 Å². The fourth-order valence-corrected chi connectivity index (χ4v) is 5.23. The number of benzene rings is 2. The Labute approximate surface area is 158 Å². The number of fused-ring (bicyclic) bond motifs is 1. The molecule has 2 aromatic carbocycles. The number of rotatable bonds is 3. The van der Waals surface area contributed by atoms with E-state index in [0.717, 1.165) is 23.5 Å². The van der Waals surface area contributed by atoms with Crippen molar-refractivity contribution in [3.63, 3.8) is 0 Å². The molecule has 0 amide bonds. The fourth-order valence-electron chi connectivity index (χ4n) is 2.23. The van der Waals surface area contributed by atoms with Gasteiger partial charge in [0.05, 0.1) is 20.7 Å². The van der Waals surface area contributed by atoms with Crippen LogP contribution < -0.4 is 4.72 Å². The SMILES string of the molecule is N#Cc1cc(Br)cc2sc(NS(=O)(=O)c3ccccc3C(F)(F)F)nc12. The van der Waals surface area contributed by atoms with Crippen molar-refractivity contribution >= 4 is 52.6 Å². The highest BCUT2D eigenvalue weighted by Crippen LogP contribution is 2.36. The molecule has 1 N–H and O–H groups in total. The van der Waals surface area contributed by atoms with Crippen molar-refractivity contribution in [2.45, 2.75) is 11.1 Å². The molecule has 0 aliphatic carbocycles. The topological polar surface area (TPSA) is 82.9 Å². The number of nitrogens with one attached hydrogen (secondary N) is 1. The predicted octanol–water partition coefficient (Wildman–Crippen LogP) is 4.75. The largest absolute Gasteiger partial charge is 0.417 e. The molecule has 0 atom stereocenters. The van der Waals surface area contributed by atoms with E-state index in [0.29, 0.717) is 15.2 Å². The van der Waals surface area contributed by atoms with Crippen molar-refractivity contribution in [1.29, 1.82) is 5.26 Å². The Bertz CT molecular complexity index is 1150. The molecule has 0 spiro atoms. The van der Waals surface area contributed by atoms with E-state index in [-0.39, 0.29) is 16.2 Å². The number of aromatic nitrogens is 1. The zero-order chi connectivity index (χ0) is 19.1. The highest BCUT2D eigenvalue weighted by Gasteiger charge is 2.37. The van der Waals surface area contributed by atoms with E-state index in [9.17, 15) is 21.6 Å². The van der Waals surface area contributed by atoms with Crippen LogP contribution in [0.1, 0.15) is 11.1 Å². The summed E-state index contributed by atoms with van der Waals surface area (Å²) in [7, 11) is -4.52. The second-order valence-electron chi connectivity index (χ2n) is 5.03. The normalized spacial score (nSPS) is 12.1. The van der Waals surface area contributed by atoms with Crippen molar-refractivity contribution in [3.8, 4) is 6.07 Å². The van der Waals surface area contributed by atoms with Crippen LogP contribution in [0.25, 0.3) is 10.2 Å². The van der Waals surface area contributed by atoms with Gasteiger partial charge >= 0.3 is 6.18 Å². The zero-order valence-electron chi connectivity index (χ0n) is 12.5. The maximum atomic E-state index is 13.1. The zero-order valence-corrected chi connectivity index (χ0v) is 15.7. The minimum absolute atomic E-state index is 0.133. The van der Waals surface area contributed by atoms with Crippen LogP contribution in [-0.4, -0.2) is 13.4 Å². The first kappa shape index (κ1) is 18.6. The molecule has 0 saturated carbocycles.